The number of halogens is 4. The summed E-state index contributed by atoms with van der Waals surface area (Å²) in [5.74, 6) is -4.73. The van der Waals surface area contributed by atoms with Gasteiger partial charge in [-0.3, -0.25) is 4.79 Å². The standard InChI is InChI=1S/C15H12ClF3N2O/c1-8-2-3-9(6-10(8)16)21-13(22)7-20-12-5-4-11(17)14(18)15(12)19/h2-6,20H,7H2,1H3,(H,21,22). The van der Waals surface area contributed by atoms with Crippen molar-refractivity contribution >= 4 is 28.9 Å². The van der Waals surface area contributed by atoms with E-state index in [2.05, 4.69) is 10.6 Å². The highest BCUT2D eigenvalue weighted by Crippen LogP contribution is 2.21. The third-order valence-electron chi connectivity index (χ3n) is 2.93. The van der Waals surface area contributed by atoms with E-state index in [0.717, 1.165) is 17.7 Å². The zero-order valence-corrected chi connectivity index (χ0v) is 12.3. The maximum atomic E-state index is 13.4. The molecule has 1 amide bonds. The van der Waals surface area contributed by atoms with Gasteiger partial charge in [-0.05, 0) is 36.8 Å². The number of amides is 1. The maximum absolute atomic E-state index is 13.4. The van der Waals surface area contributed by atoms with Crippen LogP contribution in [0.4, 0.5) is 24.5 Å². The predicted octanol–water partition coefficient (Wildman–Crippen LogP) is 4.12. The fraction of sp³-hybridized carbons (Fsp3) is 0.133. The number of hydrogen-bond acceptors (Lipinski definition) is 2. The van der Waals surface area contributed by atoms with E-state index in [-0.39, 0.29) is 12.2 Å². The first-order valence-corrected chi connectivity index (χ1v) is 6.69. The molecule has 0 radical (unpaired) electrons. The van der Waals surface area contributed by atoms with Gasteiger partial charge >= 0.3 is 0 Å². The van der Waals surface area contributed by atoms with Crippen LogP contribution in [-0.2, 0) is 4.79 Å². The van der Waals surface area contributed by atoms with E-state index in [9.17, 15) is 18.0 Å². The Morgan fingerprint density at radius 3 is 2.55 bits per heavy atom. The quantitative estimate of drug-likeness (QED) is 0.829. The number of carbonyl (C=O) groups is 1. The van der Waals surface area contributed by atoms with Gasteiger partial charge in [0.1, 0.15) is 0 Å². The molecule has 0 atom stereocenters. The van der Waals surface area contributed by atoms with Crippen molar-refractivity contribution < 1.29 is 18.0 Å². The van der Waals surface area contributed by atoms with Crippen LogP contribution in [0.2, 0.25) is 5.02 Å². The third kappa shape index (κ3) is 3.71. The molecule has 2 aromatic rings. The topological polar surface area (TPSA) is 41.1 Å². The molecule has 0 aliphatic carbocycles. The van der Waals surface area contributed by atoms with Crippen LogP contribution in [0.15, 0.2) is 30.3 Å². The van der Waals surface area contributed by atoms with Gasteiger partial charge in [0, 0.05) is 10.7 Å². The molecule has 0 saturated carbocycles. The van der Waals surface area contributed by atoms with Crippen LogP contribution in [-0.4, -0.2) is 12.5 Å². The molecular formula is C15H12ClF3N2O. The summed E-state index contributed by atoms with van der Waals surface area (Å²) >= 11 is 5.93. The van der Waals surface area contributed by atoms with Gasteiger partial charge in [-0.2, -0.15) is 0 Å². The van der Waals surface area contributed by atoms with Gasteiger partial charge in [0.2, 0.25) is 5.91 Å². The number of carbonyl (C=O) groups excluding carboxylic acids is 1. The molecule has 22 heavy (non-hydrogen) atoms. The first-order chi connectivity index (χ1) is 10.4. The smallest absolute Gasteiger partial charge is 0.243 e. The summed E-state index contributed by atoms with van der Waals surface area (Å²) in [5, 5.41) is 5.45. The monoisotopic (exact) mass is 328 g/mol. The minimum atomic E-state index is -1.59. The van der Waals surface area contributed by atoms with Crippen LogP contribution in [0.3, 0.4) is 0 Å². The first-order valence-electron chi connectivity index (χ1n) is 6.32. The average Bonchev–Trinajstić information content (AvgIpc) is 2.48. The van der Waals surface area contributed by atoms with Gasteiger partial charge in [0.25, 0.3) is 0 Å². The van der Waals surface area contributed by atoms with Crippen LogP contribution in [0.25, 0.3) is 0 Å². The number of nitrogens with one attached hydrogen (secondary N) is 2. The van der Waals surface area contributed by atoms with E-state index < -0.39 is 23.4 Å². The molecule has 7 heteroatoms. The molecule has 2 N–H and O–H groups in total. The Hall–Kier alpha value is -2.21. The van der Waals surface area contributed by atoms with Crippen LogP contribution >= 0.6 is 11.6 Å². The van der Waals surface area contributed by atoms with Gasteiger partial charge in [0.15, 0.2) is 17.5 Å². The largest absolute Gasteiger partial charge is 0.374 e. The maximum Gasteiger partial charge on any atom is 0.243 e. The molecule has 0 aromatic heterocycles. The van der Waals surface area contributed by atoms with E-state index in [1.807, 2.05) is 6.92 Å². The molecule has 2 rings (SSSR count). The highest BCUT2D eigenvalue weighted by molar-refractivity contribution is 6.31. The van der Waals surface area contributed by atoms with E-state index in [1.54, 1.807) is 18.2 Å². The molecule has 2 aromatic carbocycles. The number of rotatable bonds is 4. The molecule has 0 fully saturated rings. The van der Waals surface area contributed by atoms with Crippen LogP contribution in [0.1, 0.15) is 5.56 Å². The number of anilines is 2. The van der Waals surface area contributed by atoms with Crippen molar-refractivity contribution in [1.82, 2.24) is 0 Å². The Labute approximate surface area is 130 Å². The van der Waals surface area contributed by atoms with E-state index >= 15 is 0 Å². The average molecular weight is 329 g/mol. The lowest BCUT2D eigenvalue weighted by Crippen LogP contribution is -2.22. The van der Waals surface area contributed by atoms with Crippen molar-refractivity contribution in [2.45, 2.75) is 6.92 Å². The molecule has 3 nitrogen and oxygen atoms in total. The number of aryl methyl sites for hydroxylation is 1. The second-order valence-electron chi connectivity index (χ2n) is 4.59. The van der Waals surface area contributed by atoms with Crippen LogP contribution in [0, 0.1) is 24.4 Å². The lowest BCUT2D eigenvalue weighted by Gasteiger charge is -2.10. The molecule has 0 bridgehead atoms. The number of benzene rings is 2. The van der Waals surface area contributed by atoms with Crippen molar-refractivity contribution in [1.29, 1.82) is 0 Å². The molecular weight excluding hydrogens is 317 g/mol. The van der Waals surface area contributed by atoms with Gasteiger partial charge in [-0.1, -0.05) is 17.7 Å². The molecule has 116 valence electrons. The van der Waals surface area contributed by atoms with Gasteiger partial charge in [-0.25, -0.2) is 13.2 Å². The summed E-state index contributed by atoms with van der Waals surface area (Å²) in [7, 11) is 0. The van der Waals surface area contributed by atoms with Gasteiger partial charge < -0.3 is 10.6 Å². The van der Waals surface area contributed by atoms with Crippen molar-refractivity contribution in [2.75, 3.05) is 17.2 Å². The Morgan fingerprint density at radius 2 is 1.86 bits per heavy atom. The van der Waals surface area contributed by atoms with Gasteiger partial charge in [0.05, 0.1) is 12.2 Å². The summed E-state index contributed by atoms with van der Waals surface area (Å²) in [6.07, 6.45) is 0. The molecule has 0 heterocycles. The van der Waals surface area contributed by atoms with E-state index in [0.29, 0.717) is 10.7 Å². The van der Waals surface area contributed by atoms with Crippen molar-refractivity contribution in [3.8, 4) is 0 Å². The molecule has 0 unspecified atom stereocenters. The lowest BCUT2D eigenvalue weighted by atomic mass is 10.2. The fourth-order valence-electron chi connectivity index (χ4n) is 1.71. The normalized spacial score (nSPS) is 10.4. The summed E-state index contributed by atoms with van der Waals surface area (Å²) in [5.41, 5.74) is 1.05. The second-order valence-corrected chi connectivity index (χ2v) is 5.00. The molecule has 0 aliphatic rings. The molecule has 0 aliphatic heterocycles. The zero-order valence-electron chi connectivity index (χ0n) is 11.5. The van der Waals surface area contributed by atoms with E-state index in [4.69, 9.17) is 11.6 Å². The van der Waals surface area contributed by atoms with Crippen molar-refractivity contribution in [2.24, 2.45) is 0 Å². The molecule has 0 saturated heterocycles. The highest BCUT2D eigenvalue weighted by atomic mass is 35.5. The Kier molecular flexibility index (Phi) is 4.92. The first kappa shape index (κ1) is 16.2. The van der Waals surface area contributed by atoms with Crippen molar-refractivity contribution in [3.63, 3.8) is 0 Å². The predicted molar refractivity (Wildman–Crippen MR) is 79.6 cm³/mol. The zero-order chi connectivity index (χ0) is 16.3. The Morgan fingerprint density at radius 1 is 1.14 bits per heavy atom. The minimum absolute atomic E-state index is 0.295. The second kappa shape index (κ2) is 6.70. The van der Waals surface area contributed by atoms with Gasteiger partial charge in [-0.15, -0.1) is 0 Å². The summed E-state index contributed by atoms with van der Waals surface area (Å²) in [6, 6.07) is 6.77. The fourth-order valence-corrected chi connectivity index (χ4v) is 1.89. The Bertz CT molecular complexity index is 722. The minimum Gasteiger partial charge on any atom is -0.374 e. The Balaban J connectivity index is 1.98. The summed E-state index contributed by atoms with van der Waals surface area (Å²) < 4.78 is 39.2. The van der Waals surface area contributed by atoms with Crippen LogP contribution < -0.4 is 10.6 Å². The SMILES string of the molecule is Cc1ccc(NC(=O)CNc2ccc(F)c(F)c2F)cc1Cl. The third-order valence-corrected chi connectivity index (χ3v) is 3.34. The molecule has 0 spiro atoms. The highest BCUT2D eigenvalue weighted by Gasteiger charge is 2.14. The van der Waals surface area contributed by atoms with E-state index in [1.165, 1.54) is 0 Å². The number of hydrogen-bond donors (Lipinski definition) is 2. The summed E-state index contributed by atoms with van der Waals surface area (Å²) in [6.45, 7) is 1.51. The van der Waals surface area contributed by atoms with Crippen LogP contribution in [0.5, 0.6) is 0 Å². The lowest BCUT2D eigenvalue weighted by molar-refractivity contribution is -0.114. The van der Waals surface area contributed by atoms with Crippen molar-refractivity contribution in [3.05, 3.63) is 58.4 Å². The summed E-state index contributed by atoms with van der Waals surface area (Å²) in [4.78, 5) is 11.7.